The summed E-state index contributed by atoms with van der Waals surface area (Å²) in [5.74, 6) is 1.11. The minimum atomic E-state index is 1.10. The number of nitrogens with zero attached hydrogens (tertiary/aromatic N) is 2. The van der Waals surface area contributed by atoms with Gasteiger partial charge in [0.1, 0.15) is 0 Å². The summed E-state index contributed by atoms with van der Waals surface area (Å²) >= 11 is 2.02. The van der Waals surface area contributed by atoms with Crippen LogP contribution < -0.4 is 10.2 Å². The maximum atomic E-state index is 3.44. The van der Waals surface area contributed by atoms with Crippen LogP contribution in [0.2, 0.25) is 0 Å². The van der Waals surface area contributed by atoms with Gasteiger partial charge in [-0.1, -0.05) is 43.5 Å². The molecule has 0 unspecified atom stereocenters. The van der Waals surface area contributed by atoms with Gasteiger partial charge in [0.05, 0.1) is 0 Å². The lowest BCUT2D eigenvalue weighted by atomic mass is 10.1. The Morgan fingerprint density at radius 1 is 1.05 bits per heavy atom. The Morgan fingerprint density at radius 3 is 2.41 bits per heavy atom. The molecule has 0 radical (unpaired) electrons. The van der Waals surface area contributed by atoms with Gasteiger partial charge in [0.15, 0.2) is 0 Å². The summed E-state index contributed by atoms with van der Waals surface area (Å²) < 4.78 is 2.53. The summed E-state index contributed by atoms with van der Waals surface area (Å²) in [6.07, 6.45) is 2.73. The van der Waals surface area contributed by atoms with Crippen molar-refractivity contribution in [2.24, 2.45) is 0 Å². The number of rotatable bonds is 4. The van der Waals surface area contributed by atoms with Crippen molar-refractivity contribution in [1.82, 2.24) is 9.62 Å². The summed E-state index contributed by atoms with van der Waals surface area (Å²) in [5.41, 5.74) is 4.33. The van der Waals surface area contributed by atoms with E-state index in [1.807, 2.05) is 25.8 Å². The number of benzene rings is 1. The van der Waals surface area contributed by atoms with Gasteiger partial charge < -0.3 is 10.2 Å². The average molecular weight is 322 g/mol. The molecule has 2 heterocycles. The highest BCUT2D eigenvalue weighted by atomic mass is 32.2. The second-order valence-electron chi connectivity index (χ2n) is 5.78. The van der Waals surface area contributed by atoms with Crippen LogP contribution in [0, 0.1) is 6.92 Å². The van der Waals surface area contributed by atoms with Crippen molar-refractivity contribution >= 4 is 17.6 Å². The standard InChI is InChI=1S/C16H25N3S.C2H6/c1-14-4-5-16(18-10-6-17-7-11-18)15(12-14)13-20-19-8-2-3-9-19;1-2/h4-5,12,17H,2-3,6-11,13H2,1H3;1-2H3. The van der Waals surface area contributed by atoms with Gasteiger partial charge in [0.25, 0.3) is 0 Å². The fourth-order valence-corrected chi connectivity index (χ4v) is 4.09. The van der Waals surface area contributed by atoms with Crippen molar-refractivity contribution in [3.05, 3.63) is 29.3 Å². The van der Waals surface area contributed by atoms with Crippen LogP contribution in [0.5, 0.6) is 0 Å². The van der Waals surface area contributed by atoms with Crippen LogP contribution in [-0.4, -0.2) is 43.6 Å². The molecular formula is C18H31N3S. The summed E-state index contributed by atoms with van der Waals surface area (Å²) in [6, 6.07) is 6.95. The topological polar surface area (TPSA) is 18.5 Å². The number of hydrogen-bond donors (Lipinski definition) is 1. The van der Waals surface area contributed by atoms with Gasteiger partial charge >= 0.3 is 0 Å². The first-order valence-corrected chi connectivity index (χ1v) is 9.70. The molecular weight excluding hydrogens is 290 g/mol. The van der Waals surface area contributed by atoms with Crippen LogP contribution in [0.15, 0.2) is 18.2 Å². The van der Waals surface area contributed by atoms with Crippen LogP contribution >= 0.6 is 11.9 Å². The third kappa shape index (κ3) is 4.90. The summed E-state index contributed by atoms with van der Waals surface area (Å²) in [4.78, 5) is 2.54. The Hall–Kier alpha value is -0.710. The monoisotopic (exact) mass is 321 g/mol. The van der Waals surface area contributed by atoms with Crippen molar-refractivity contribution < 1.29 is 0 Å². The highest BCUT2D eigenvalue weighted by molar-refractivity contribution is 7.96. The molecule has 22 heavy (non-hydrogen) atoms. The molecule has 124 valence electrons. The lowest BCUT2D eigenvalue weighted by Gasteiger charge is -2.31. The van der Waals surface area contributed by atoms with E-state index in [1.165, 1.54) is 42.7 Å². The van der Waals surface area contributed by atoms with Gasteiger partial charge in [0.2, 0.25) is 0 Å². The maximum absolute atomic E-state index is 3.44. The summed E-state index contributed by atoms with van der Waals surface area (Å²) in [5, 5.41) is 3.44. The maximum Gasteiger partial charge on any atom is 0.0408 e. The highest BCUT2D eigenvalue weighted by Gasteiger charge is 2.16. The molecule has 0 spiro atoms. The number of nitrogens with one attached hydrogen (secondary N) is 1. The normalized spacial score (nSPS) is 19.0. The van der Waals surface area contributed by atoms with E-state index < -0.39 is 0 Å². The Balaban J connectivity index is 0.000000847. The Labute approximate surface area is 140 Å². The summed E-state index contributed by atoms with van der Waals surface area (Å²) in [6.45, 7) is 13.2. The van der Waals surface area contributed by atoms with Crippen LogP contribution in [0.4, 0.5) is 5.69 Å². The van der Waals surface area contributed by atoms with Crippen LogP contribution in [0.25, 0.3) is 0 Å². The molecule has 1 aromatic carbocycles. The molecule has 4 heteroatoms. The smallest absolute Gasteiger partial charge is 0.0408 e. The van der Waals surface area contributed by atoms with Crippen LogP contribution in [0.3, 0.4) is 0 Å². The summed E-state index contributed by atoms with van der Waals surface area (Å²) in [7, 11) is 0. The molecule has 0 aliphatic carbocycles. The number of hydrogen-bond acceptors (Lipinski definition) is 4. The first kappa shape index (κ1) is 17.6. The molecule has 0 bridgehead atoms. The fraction of sp³-hybridized carbons (Fsp3) is 0.667. The first-order chi connectivity index (χ1) is 10.8. The van der Waals surface area contributed by atoms with E-state index in [2.05, 4.69) is 39.6 Å². The largest absolute Gasteiger partial charge is 0.369 e. The molecule has 2 saturated heterocycles. The third-order valence-corrected chi connectivity index (χ3v) is 5.33. The fourth-order valence-electron chi connectivity index (χ4n) is 3.02. The van der Waals surface area contributed by atoms with E-state index >= 15 is 0 Å². The van der Waals surface area contributed by atoms with Crippen molar-refractivity contribution in [2.45, 2.75) is 39.4 Å². The van der Waals surface area contributed by atoms with Gasteiger partial charge in [0, 0.05) is 50.7 Å². The zero-order chi connectivity index (χ0) is 15.8. The first-order valence-electron chi connectivity index (χ1n) is 8.76. The van der Waals surface area contributed by atoms with E-state index in [4.69, 9.17) is 0 Å². The molecule has 2 fully saturated rings. The number of piperazine rings is 1. The predicted octanol–water partition coefficient (Wildman–Crippen LogP) is 3.67. The molecule has 3 rings (SSSR count). The lowest BCUT2D eigenvalue weighted by molar-refractivity contribution is 0.584. The number of anilines is 1. The van der Waals surface area contributed by atoms with Crippen molar-refractivity contribution in [3.8, 4) is 0 Å². The zero-order valence-electron chi connectivity index (χ0n) is 14.4. The van der Waals surface area contributed by atoms with E-state index in [9.17, 15) is 0 Å². The molecule has 0 saturated carbocycles. The van der Waals surface area contributed by atoms with Crippen LogP contribution in [0.1, 0.15) is 37.8 Å². The van der Waals surface area contributed by atoms with E-state index in [-0.39, 0.29) is 0 Å². The van der Waals surface area contributed by atoms with E-state index in [0.29, 0.717) is 0 Å². The second kappa shape index (κ2) is 9.43. The SMILES string of the molecule is CC.Cc1ccc(N2CCNCC2)c(CSN2CCCC2)c1. The molecule has 2 aliphatic heterocycles. The predicted molar refractivity (Wildman–Crippen MR) is 99.7 cm³/mol. The van der Waals surface area contributed by atoms with Gasteiger partial charge in [-0.3, -0.25) is 4.31 Å². The third-order valence-electron chi connectivity index (χ3n) is 4.16. The molecule has 0 aromatic heterocycles. The Kier molecular flexibility index (Phi) is 7.56. The molecule has 0 amide bonds. The molecule has 2 aliphatic rings. The highest BCUT2D eigenvalue weighted by Crippen LogP contribution is 2.29. The van der Waals surface area contributed by atoms with Crippen molar-refractivity contribution in [2.75, 3.05) is 44.2 Å². The molecule has 0 atom stereocenters. The van der Waals surface area contributed by atoms with E-state index in [0.717, 1.165) is 31.9 Å². The second-order valence-corrected chi connectivity index (χ2v) is 6.84. The van der Waals surface area contributed by atoms with Crippen molar-refractivity contribution in [3.63, 3.8) is 0 Å². The lowest BCUT2D eigenvalue weighted by Crippen LogP contribution is -2.43. The molecule has 3 nitrogen and oxygen atoms in total. The van der Waals surface area contributed by atoms with Gasteiger partial charge in [-0.05, 0) is 31.4 Å². The quantitative estimate of drug-likeness (QED) is 0.853. The van der Waals surface area contributed by atoms with Crippen LogP contribution in [-0.2, 0) is 5.75 Å². The van der Waals surface area contributed by atoms with Gasteiger partial charge in [-0.15, -0.1) is 0 Å². The van der Waals surface area contributed by atoms with Gasteiger partial charge in [-0.2, -0.15) is 0 Å². The van der Waals surface area contributed by atoms with Crippen molar-refractivity contribution in [1.29, 1.82) is 0 Å². The van der Waals surface area contributed by atoms with Gasteiger partial charge in [-0.25, -0.2) is 0 Å². The van der Waals surface area contributed by atoms with E-state index in [1.54, 1.807) is 0 Å². The number of aryl methyl sites for hydroxylation is 1. The average Bonchev–Trinajstić information content (AvgIpc) is 3.09. The Morgan fingerprint density at radius 2 is 1.73 bits per heavy atom. The molecule has 1 N–H and O–H groups in total. The minimum absolute atomic E-state index is 1.10. The Bertz CT molecular complexity index is 438. The minimum Gasteiger partial charge on any atom is -0.369 e. The molecule has 1 aromatic rings. The zero-order valence-corrected chi connectivity index (χ0v) is 15.2.